The minimum Gasteiger partial charge on any atom is -0.387 e. The second kappa shape index (κ2) is 11.4. The summed E-state index contributed by atoms with van der Waals surface area (Å²) in [4.78, 5) is 24.0. The van der Waals surface area contributed by atoms with Crippen LogP contribution in [0.3, 0.4) is 0 Å². The molecule has 30 heavy (non-hydrogen) atoms. The molecule has 2 aromatic carbocycles. The fourth-order valence-corrected chi connectivity index (χ4v) is 2.66. The molecule has 0 aromatic heterocycles. The summed E-state index contributed by atoms with van der Waals surface area (Å²) in [6.07, 6.45) is -10.6. The van der Waals surface area contributed by atoms with E-state index in [1.54, 1.807) is 60.7 Å². The third-order valence-corrected chi connectivity index (χ3v) is 4.50. The summed E-state index contributed by atoms with van der Waals surface area (Å²) >= 11 is 0. The molecule has 0 aliphatic heterocycles. The van der Waals surface area contributed by atoms with Crippen LogP contribution in [-0.2, 0) is 22.7 Å². The highest BCUT2D eigenvalue weighted by molar-refractivity contribution is 5.82. The molecule has 0 saturated carbocycles. The Morgan fingerprint density at radius 3 is 1.27 bits per heavy atom. The van der Waals surface area contributed by atoms with E-state index >= 15 is 0 Å². The lowest BCUT2D eigenvalue weighted by atomic mass is 9.98. The molecule has 2 amide bonds. The summed E-state index contributed by atoms with van der Waals surface area (Å²) < 4.78 is 0. The molecule has 0 bridgehead atoms. The van der Waals surface area contributed by atoms with Crippen molar-refractivity contribution in [3.63, 3.8) is 0 Å². The Bertz CT molecular complexity index is 736. The van der Waals surface area contributed by atoms with Crippen molar-refractivity contribution in [3.05, 3.63) is 71.8 Å². The zero-order valence-electron chi connectivity index (χ0n) is 16.1. The number of carbonyl (C=O) groups excluding carboxylic acids is 2. The maximum Gasteiger partial charge on any atom is 0.251 e. The Balaban J connectivity index is 1.85. The number of hydrogen-bond donors (Lipinski definition) is 7. The van der Waals surface area contributed by atoms with Crippen molar-refractivity contribution in [2.75, 3.05) is 0 Å². The predicted molar refractivity (Wildman–Crippen MR) is 107 cm³/mol. The van der Waals surface area contributed by atoms with Gasteiger partial charge in [0.2, 0.25) is 0 Å². The molecule has 0 radical (unpaired) electrons. The van der Waals surface area contributed by atoms with Crippen LogP contribution in [0.25, 0.3) is 0 Å². The molecule has 2 rings (SSSR count). The molecule has 162 valence electrons. The quantitative estimate of drug-likeness (QED) is 0.245. The number of carbonyl (C=O) groups is 2. The highest BCUT2D eigenvalue weighted by Gasteiger charge is 2.39. The van der Waals surface area contributed by atoms with Crippen molar-refractivity contribution in [2.45, 2.75) is 43.6 Å². The zero-order valence-corrected chi connectivity index (χ0v) is 16.1. The first-order chi connectivity index (χ1) is 14.3. The van der Waals surface area contributed by atoms with Crippen LogP contribution < -0.4 is 10.6 Å². The fourth-order valence-electron chi connectivity index (χ4n) is 2.66. The molecule has 0 fully saturated rings. The Morgan fingerprint density at radius 2 is 0.933 bits per heavy atom. The lowest BCUT2D eigenvalue weighted by molar-refractivity contribution is -0.161. The van der Waals surface area contributed by atoms with Crippen molar-refractivity contribution in [2.24, 2.45) is 0 Å². The minimum atomic E-state index is -2.15. The van der Waals surface area contributed by atoms with Crippen LogP contribution in [0.2, 0.25) is 0 Å². The number of nitrogens with one attached hydrogen (secondary N) is 2. The molecule has 0 aliphatic carbocycles. The normalized spacial score (nSPS) is 16.0. The fraction of sp³-hybridized carbons (Fsp3) is 0.333. The zero-order chi connectivity index (χ0) is 22.1. The summed E-state index contributed by atoms with van der Waals surface area (Å²) in [5.74, 6) is -1.97. The highest BCUT2D eigenvalue weighted by atomic mass is 16.4. The second-order valence-corrected chi connectivity index (χ2v) is 6.77. The Kier molecular flexibility index (Phi) is 8.90. The third-order valence-electron chi connectivity index (χ3n) is 4.50. The van der Waals surface area contributed by atoms with Gasteiger partial charge in [-0.1, -0.05) is 60.7 Å². The summed E-state index contributed by atoms with van der Waals surface area (Å²) in [6.45, 7) is 0.152. The van der Waals surface area contributed by atoms with Gasteiger partial charge in [-0.25, -0.2) is 0 Å². The van der Waals surface area contributed by atoms with E-state index in [-0.39, 0.29) is 13.1 Å². The molecule has 7 N–H and O–H groups in total. The van der Waals surface area contributed by atoms with E-state index in [1.165, 1.54) is 0 Å². The molecule has 9 heteroatoms. The minimum absolute atomic E-state index is 0.0760. The van der Waals surface area contributed by atoms with Gasteiger partial charge in [0.25, 0.3) is 11.8 Å². The standard InChI is InChI=1S/C21H26N2O7/c24-15(16(25)18(27)20(29)22-11-13-7-3-1-4-8-13)17(26)19(28)21(30)23-12-14-9-5-2-6-10-14/h1-10,15-19,24-28H,11-12H2,(H,22,29)(H,23,30)/t15?,16-,17-,18+,19?/m0/s1. The molecule has 0 saturated heterocycles. The van der Waals surface area contributed by atoms with Gasteiger partial charge >= 0.3 is 0 Å². The maximum absolute atomic E-state index is 12.0. The summed E-state index contributed by atoms with van der Waals surface area (Å²) in [7, 11) is 0. The first kappa shape index (κ1) is 23.5. The molecule has 0 spiro atoms. The Morgan fingerprint density at radius 1 is 0.600 bits per heavy atom. The van der Waals surface area contributed by atoms with Crippen LogP contribution in [0.15, 0.2) is 60.7 Å². The molecule has 9 nitrogen and oxygen atoms in total. The number of rotatable bonds is 10. The van der Waals surface area contributed by atoms with Crippen LogP contribution in [0, 0.1) is 0 Å². The highest BCUT2D eigenvalue weighted by Crippen LogP contribution is 2.10. The molecule has 2 aromatic rings. The molecule has 2 unspecified atom stereocenters. The molecule has 0 heterocycles. The van der Waals surface area contributed by atoms with E-state index in [9.17, 15) is 35.1 Å². The van der Waals surface area contributed by atoms with Crippen LogP contribution in [0.4, 0.5) is 0 Å². The van der Waals surface area contributed by atoms with Crippen LogP contribution in [0.5, 0.6) is 0 Å². The van der Waals surface area contributed by atoms with E-state index in [0.29, 0.717) is 0 Å². The predicted octanol–water partition coefficient (Wildman–Crippen LogP) is -1.58. The summed E-state index contributed by atoms with van der Waals surface area (Å²) in [5, 5.41) is 54.7. The van der Waals surface area contributed by atoms with Gasteiger partial charge in [0, 0.05) is 13.1 Å². The molecule has 5 atom stereocenters. The van der Waals surface area contributed by atoms with E-state index in [2.05, 4.69) is 10.6 Å². The maximum atomic E-state index is 12.0. The smallest absolute Gasteiger partial charge is 0.251 e. The molecular formula is C21H26N2O7. The second-order valence-electron chi connectivity index (χ2n) is 6.77. The SMILES string of the molecule is O=C(NCc1ccccc1)C(O)[C@@H](O)C(O)[C@H](O)[C@@H](O)C(=O)NCc1ccccc1. The van der Waals surface area contributed by atoms with Gasteiger partial charge in [-0.05, 0) is 11.1 Å². The topological polar surface area (TPSA) is 159 Å². The average molecular weight is 418 g/mol. The van der Waals surface area contributed by atoms with Crippen LogP contribution in [0.1, 0.15) is 11.1 Å². The monoisotopic (exact) mass is 418 g/mol. The molecule has 0 aliphatic rings. The number of benzene rings is 2. The molecular weight excluding hydrogens is 392 g/mol. The van der Waals surface area contributed by atoms with Gasteiger partial charge in [0.15, 0.2) is 12.2 Å². The summed E-state index contributed by atoms with van der Waals surface area (Å²) in [6, 6.07) is 17.6. The largest absolute Gasteiger partial charge is 0.387 e. The number of hydrogen-bond acceptors (Lipinski definition) is 7. The first-order valence-corrected chi connectivity index (χ1v) is 9.35. The summed E-state index contributed by atoms with van der Waals surface area (Å²) in [5.41, 5.74) is 1.50. The Hall–Kier alpha value is -2.82. The van der Waals surface area contributed by atoms with Crippen molar-refractivity contribution in [1.29, 1.82) is 0 Å². The number of aliphatic hydroxyl groups is 5. The van der Waals surface area contributed by atoms with Gasteiger partial charge in [-0.2, -0.15) is 0 Å². The lowest BCUT2D eigenvalue weighted by Gasteiger charge is -2.28. The van der Waals surface area contributed by atoms with E-state index < -0.39 is 42.3 Å². The lowest BCUT2D eigenvalue weighted by Crippen LogP contribution is -2.55. The van der Waals surface area contributed by atoms with Gasteiger partial charge in [-0.3, -0.25) is 9.59 Å². The van der Waals surface area contributed by atoms with Crippen molar-refractivity contribution >= 4 is 11.8 Å². The van der Waals surface area contributed by atoms with Gasteiger partial charge in [-0.15, -0.1) is 0 Å². The van der Waals surface area contributed by atoms with Crippen LogP contribution >= 0.6 is 0 Å². The van der Waals surface area contributed by atoms with Crippen molar-refractivity contribution in [3.8, 4) is 0 Å². The van der Waals surface area contributed by atoms with Gasteiger partial charge in [0.05, 0.1) is 0 Å². The van der Waals surface area contributed by atoms with E-state index in [0.717, 1.165) is 11.1 Å². The number of aliphatic hydroxyl groups excluding tert-OH is 5. The van der Waals surface area contributed by atoms with Gasteiger partial charge < -0.3 is 36.2 Å². The Labute approximate surface area is 173 Å². The van der Waals surface area contributed by atoms with E-state index in [1.807, 2.05) is 0 Å². The van der Waals surface area contributed by atoms with Gasteiger partial charge in [0.1, 0.15) is 18.3 Å². The average Bonchev–Trinajstić information content (AvgIpc) is 2.79. The third kappa shape index (κ3) is 6.61. The van der Waals surface area contributed by atoms with Crippen molar-refractivity contribution < 1.29 is 35.1 Å². The number of amides is 2. The van der Waals surface area contributed by atoms with Crippen molar-refractivity contribution in [1.82, 2.24) is 10.6 Å². The first-order valence-electron chi connectivity index (χ1n) is 9.35. The van der Waals surface area contributed by atoms with E-state index in [4.69, 9.17) is 0 Å². The van der Waals surface area contributed by atoms with Crippen LogP contribution in [-0.4, -0.2) is 67.9 Å².